The highest BCUT2D eigenvalue weighted by Gasteiger charge is 2.30. The van der Waals surface area contributed by atoms with E-state index in [9.17, 15) is 29.1 Å². The van der Waals surface area contributed by atoms with Crippen LogP contribution in [0.3, 0.4) is 0 Å². The second kappa shape index (κ2) is 15.2. The maximum Gasteiger partial charge on any atom is 0.326 e. The molecule has 0 fully saturated rings. The third kappa shape index (κ3) is 10.4. The molecule has 0 aliphatic carbocycles. The number of hydrogen-bond acceptors (Lipinski definition) is 8. The fourth-order valence-electron chi connectivity index (χ4n) is 2.85. The summed E-state index contributed by atoms with van der Waals surface area (Å²) in [7, 11) is 0. The summed E-state index contributed by atoms with van der Waals surface area (Å²) < 4.78 is 0. The summed E-state index contributed by atoms with van der Waals surface area (Å²) in [5.41, 5.74) is 6.26. The van der Waals surface area contributed by atoms with E-state index in [0.29, 0.717) is 11.3 Å². The van der Waals surface area contributed by atoms with Crippen LogP contribution in [0.5, 0.6) is 0 Å². The van der Waals surface area contributed by atoms with Gasteiger partial charge in [-0.2, -0.15) is 24.4 Å². The topological polar surface area (TPSA) is 188 Å². The normalized spacial score (nSPS) is 14.2. The van der Waals surface area contributed by atoms with E-state index in [1.807, 2.05) is 0 Å². The predicted molar refractivity (Wildman–Crippen MR) is 131 cm³/mol. The Morgan fingerprint density at radius 1 is 0.941 bits per heavy atom. The minimum Gasteiger partial charge on any atom is -0.481 e. The third-order valence-corrected chi connectivity index (χ3v) is 5.70. The Morgan fingerprint density at radius 3 is 2.03 bits per heavy atom. The van der Waals surface area contributed by atoms with Gasteiger partial charge >= 0.3 is 11.9 Å². The van der Waals surface area contributed by atoms with Gasteiger partial charge in [0.05, 0.1) is 12.5 Å². The summed E-state index contributed by atoms with van der Waals surface area (Å²) in [6.07, 6.45) is 1.44. The van der Waals surface area contributed by atoms with Crippen molar-refractivity contribution in [1.29, 1.82) is 0 Å². The molecular formula is C21H30N4O7S2. The second-order valence-electron chi connectivity index (χ2n) is 7.38. The van der Waals surface area contributed by atoms with Crippen LogP contribution in [0.2, 0.25) is 0 Å². The van der Waals surface area contributed by atoms with Crippen LogP contribution in [-0.4, -0.2) is 81.8 Å². The van der Waals surface area contributed by atoms with E-state index in [0.717, 1.165) is 0 Å². The molecule has 1 rings (SSSR count). The molecule has 188 valence electrons. The molecule has 13 heteroatoms. The fourth-order valence-corrected chi connectivity index (χ4v) is 3.58. The number of hydrogen-bond donors (Lipinski definition) is 7. The van der Waals surface area contributed by atoms with E-state index >= 15 is 0 Å². The third-order valence-electron chi connectivity index (χ3n) is 4.69. The molecule has 0 aliphatic rings. The van der Waals surface area contributed by atoms with Gasteiger partial charge in [0.2, 0.25) is 17.7 Å². The number of aliphatic carboxylic acids is 2. The smallest absolute Gasteiger partial charge is 0.326 e. The van der Waals surface area contributed by atoms with Crippen LogP contribution in [0, 0.1) is 0 Å². The highest BCUT2D eigenvalue weighted by Crippen LogP contribution is 2.06. The van der Waals surface area contributed by atoms with Crippen molar-refractivity contribution in [3.63, 3.8) is 0 Å². The zero-order valence-corrected chi connectivity index (χ0v) is 20.3. The lowest BCUT2D eigenvalue weighted by atomic mass is 10.1. The van der Waals surface area contributed by atoms with Crippen LogP contribution in [0.1, 0.15) is 18.4 Å². The highest BCUT2D eigenvalue weighted by molar-refractivity contribution is 7.98. The summed E-state index contributed by atoms with van der Waals surface area (Å²) in [5, 5.41) is 25.6. The largest absolute Gasteiger partial charge is 0.481 e. The maximum absolute atomic E-state index is 12.8. The van der Waals surface area contributed by atoms with Crippen LogP contribution >= 0.6 is 24.4 Å². The lowest BCUT2D eigenvalue weighted by Crippen LogP contribution is -2.58. The van der Waals surface area contributed by atoms with E-state index in [4.69, 9.17) is 10.8 Å². The van der Waals surface area contributed by atoms with Gasteiger partial charge in [0.1, 0.15) is 18.1 Å². The quantitative estimate of drug-likeness (QED) is 0.148. The molecular weight excluding hydrogens is 484 g/mol. The van der Waals surface area contributed by atoms with Crippen molar-refractivity contribution >= 4 is 54.1 Å². The lowest BCUT2D eigenvalue weighted by Gasteiger charge is -2.24. The molecule has 0 aliphatic heterocycles. The molecule has 4 atom stereocenters. The van der Waals surface area contributed by atoms with Gasteiger partial charge in [-0.25, -0.2) is 4.79 Å². The molecule has 0 saturated carbocycles. The van der Waals surface area contributed by atoms with Gasteiger partial charge in [-0.15, -0.1) is 0 Å². The summed E-state index contributed by atoms with van der Waals surface area (Å²) in [6.45, 7) is 0. The van der Waals surface area contributed by atoms with Crippen LogP contribution in [-0.2, 0) is 30.4 Å². The van der Waals surface area contributed by atoms with Crippen LogP contribution in [0.15, 0.2) is 30.3 Å². The Bertz CT molecular complexity index is 857. The van der Waals surface area contributed by atoms with Crippen molar-refractivity contribution in [2.24, 2.45) is 5.73 Å². The molecule has 1 aromatic carbocycles. The first kappa shape index (κ1) is 29.3. The van der Waals surface area contributed by atoms with Crippen molar-refractivity contribution < 1.29 is 34.2 Å². The molecule has 0 bridgehead atoms. The molecule has 34 heavy (non-hydrogen) atoms. The first-order valence-corrected chi connectivity index (χ1v) is 12.4. The molecule has 0 spiro atoms. The molecule has 0 aromatic heterocycles. The Balaban J connectivity index is 2.84. The van der Waals surface area contributed by atoms with Gasteiger partial charge in [-0.1, -0.05) is 30.3 Å². The second-order valence-corrected chi connectivity index (χ2v) is 8.73. The van der Waals surface area contributed by atoms with E-state index in [1.165, 1.54) is 11.8 Å². The number of carbonyl (C=O) groups is 5. The van der Waals surface area contributed by atoms with Crippen LogP contribution < -0.4 is 21.7 Å². The number of carboxylic acid groups (broad SMARTS) is 2. The summed E-state index contributed by atoms with van der Waals surface area (Å²) in [5.74, 6) is -4.40. The highest BCUT2D eigenvalue weighted by atomic mass is 32.2. The Labute approximate surface area is 207 Å². The number of benzene rings is 1. The number of rotatable bonds is 15. The number of amides is 3. The molecule has 0 saturated heterocycles. The van der Waals surface area contributed by atoms with Crippen molar-refractivity contribution in [2.45, 2.75) is 43.4 Å². The zero-order valence-electron chi connectivity index (χ0n) is 18.6. The van der Waals surface area contributed by atoms with Crippen LogP contribution in [0.4, 0.5) is 0 Å². The van der Waals surface area contributed by atoms with Gasteiger partial charge in [0, 0.05) is 12.2 Å². The van der Waals surface area contributed by atoms with E-state index in [2.05, 4.69) is 28.6 Å². The van der Waals surface area contributed by atoms with Crippen molar-refractivity contribution in [2.75, 3.05) is 17.8 Å². The van der Waals surface area contributed by atoms with Crippen molar-refractivity contribution in [3.8, 4) is 0 Å². The summed E-state index contributed by atoms with van der Waals surface area (Å²) >= 11 is 5.50. The molecule has 7 N–H and O–H groups in total. The number of nitrogens with two attached hydrogens (primary N) is 1. The molecule has 0 radical (unpaired) electrons. The predicted octanol–water partition coefficient (Wildman–Crippen LogP) is -0.747. The Morgan fingerprint density at radius 2 is 1.50 bits per heavy atom. The molecule has 4 unspecified atom stereocenters. The van der Waals surface area contributed by atoms with Crippen LogP contribution in [0.25, 0.3) is 0 Å². The van der Waals surface area contributed by atoms with Gasteiger partial charge in [0.25, 0.3) is 0 Å². The SMILES string of the molecule is CSCCC(NC(=O)C(N)CC(=O)O)C(=O)NC(CS)C(=O)NC(Cc1ccccc1)C(=O)O. The first-order valence-electron chi connectivity index (χ1n) is 10.3. The van der Waals surface area contributed by atoms with Gasteiger partial charge in [-0.05, 0) is 24.0 Å². The van der Waals surface area contributed by atoms with Gasteiger partial charge in [0.15, 0.2) is 0 Å². The van der Waals surface area contributed by atoms with Gasteiger partial charge < -0.3 is 31.9 Å². The Kier molecular flexibility index (Phi) is 13.1. The molecule has 3 amide bonds. The molecule has 11 nitrogen and oxygen atoms in total. The fraction of sp³-hybridized carbons (Fsp3) is 0.476. The van der Waals surface area contributed by atoms with Crippen molar-refractivity contribution in [1.82, 2.24) is 16.0 Å². The number of carboxylic acids is 2. The summed E-state index contributed by atoms with van der Waals surface area (Å²) in [4.78, 5) is 60.1. The lowest BCUT2D eigenvalue weighted by molar-refractivity contribution is -0.142. The van der Waals surface area contributed by atoms with E-state index in [1.54, 1.807) is 36.6 Å². The average molecular weight is 515 g/mol. The monoisotopic (exact) mass is 514 g/mol. The van der Waals surface area contributed by atoms with E-state index in [-0.39, 0.29) is 18.6 Å². The minimum atomic E-state index is -1.35. The minimum absolute atomic E-state index is 0.0447. The number of carbonyl (C=O) groups excluding carboxylic acids is 3. The van der Waals surface area contributed by atoms with Gasteiger partial charge in [-0.3, -0.25) is 19.2 Å². The number of thioether (sulfide) groups is 1. The summed E-state index contributed by atoms with van der Waals surface area (Å²) in [6, 6.07) is 3.92. The molecule has 0 heterocycles. The van der Waals surface area contributed by atoms with E-state index < -0.39 is 60.2 Å². The average Bonchev–Trinajstić information content (AvgIpc) is 2.79. The van der Waals surface area contributed by atoms with Crippen molar-refractivity contribution in [3.05, 3.63) is 35.9 Å². The standard InChI is InChI=1S/C21H30N4O7S2/c1-34-8-7-14(23-18(28)13(22)10-17(26)27)19(29)25-16(11-33)20(30)24-15(21(31)32)9-12-5-3-2-4-6-12/h2-6,13-16,33H,7-11,22H2,1H3,(H,23,28)(H,24,30)(H,25,29)(H,26,27)(H,31,32). The number of nitrogens with one attached hydrogen (secondary N) is 3. The first-order chi connectivity index (χ1) is 16.1. The number of thiol groups is 1. The Hall–Kier alpha value is -2.77. The molecule has 1 aromatic rings. The maximum atomic E-state index is 12.8. The zero-order chi connectivity index (χ0) is 25.7.